The van der Waals surface area contributed by atoms with Crippen LogP contribution >= 0.6 is 12.2 Å². The highest BCUT2D eigenvalue weighted by Crippen LogP contribution is 2.45. The summed E-state index contributed by atoms with van der Waals surface area (Å²) in [6, 6.07) is -0.384. The summed E-state index contributed by atoms with van der Waals surface area (Å²) in [5.74, 6) is 0.186. The molecule has 2 fully saturated rings. The van der Waals surface area contributed by atoms with Crippen molar-refractivity contribution in [1.29, 1.82) is 0 Å². The fourth-order valence-corrected chi connectivity index (χ4v) is 3.69. The second-order valence-corrected chi connectivity index (χ2v) is 6.18. The molecule has 2 aliphatic rings. The van der Waals surface area contributed by atoms with Crippen molar-refractivity contribution in [3.8, 4) is 0 Å². The van der Waals surface area contributed by atoms with Crippen LogP contribution in [0.25, 0.3) is 0 Å². The lowest BCUT2D eigenvalue weighted by molar-refractivity contribution is -0.141. The van der Waals surface area contributed by atoms with E-state index in [1.807, 2.05) is 6.92 Å². The number of rotatable bonds is 5. The molecular formula is C14H22N2O2S. The third-order valence-electron chi connectivity index (χ3n) is 4.55. The van der Waals surface area contributed by atoms with Gasteiger partial charge in [0.1, 0.15) is 0 Å². The molecule has 2 amide bonds. The fraction of sp³-hybridized carbons (Fsp3) is 0.786. The van der Waals surface area contributed by atoms with Crippen LogP contribution < -0.4 is 5.73 Å². The number of imide groups is 1. The van der Waals surface area contributed by atoms with Crippen molar-refractivity contribution in [3.05, 3.63) is 0 Å². The quantitative estimate of drug-likeness (QED) is 0.617. The molecule has 2 rings (SSSR count). The average Bonchev–Trinajstić information content (AvgIpc) is 2.89. The number of hydrogen-bond acceptors (Lipinski definition) is 3. The number of carbonyl (C=O) groups excluding carboxylic acids is 2. The lowest BCUT2D eigenvalue weighted by atomic mass is 10.00. The van der Waals surface area contributed by atoms with Crippen LogP contribution in [0.2, 0.25) is 0 Å². The Morgan fingerprint density at radius 1 is 1.32 bits per heavy atom. The van der Waals surface area contributed by atoms with Gasteiger partial charge in [-0.15, -0.1) is 0 Å². The molecule has 4 nitrogen and oxygen atoms in total. The minimum Gasteiger partial charge on any atom is -0.392 e. The van der Waals surface area contributed by atoms with Crippen LogP contribution in [0.1, 0.15) is 46.0 Å². The van der Waals surface area contributed by atoms with E-state index in [1.54, 1.807) is 0 Å². The van der Waals surface area contributed by atoms with Gasteiger partial charge in [-0.2, -0.15) is 0 Å². The van der Waals surface area contributed by atoms with Crippen molar-refractivity contribution in [3.63, 3.8) is 0 Å². The highest BCUT2D eigenvalue weighted by molar-refractivity contribution is 7.80. The standard InChI is InChI=1S/C14H22N2O2S/c1-3-5-11(12(15)19)16-13(17)9-6-8(4-2)7-10(9)14(16)18/h8-11H,3-7H2,1-2H3,(H2,15,19). The molecule has 0 radical (unpaired) electrons. The fourth-order valence-electron chi connectivity index (χ4n) is 3.47. The summed E-state index contributed by atoms with van der Waals surface area (Å²) >= 11 is 5.03. The second kappa shape index (κ2) is 5.57. The van der Waals surface area contributed by atoms with E-state index in [0.29, 0.717) is 12.3 Å². The largest absolute Gasteiger partial charge is 0.392 e. The Bertz CT molecular complexity index is 386. The normalized spacial score (nSPS) is 31.7. The zero-order chi connectivity index (χ0) is 14.2. The van der Waals surface area contributed by atoms with Gasteiger partial charge in [0, 0.05) is 0 Å². The number of fused-ring (bicyclic) bond motifs is 1. The van der Waals surface area contributed by atoms with Crippen molar-refractivity contribution in [1.82, 2.24) is 4.90 Å². The van der Waals surface area contributed by atoms with Crippen molar-refractivity contribution >= 4 is 29.0 Å². The molecule has 5 heteroatoms. The molecule has 3 atom stereocenters. The predicted molar refractivity (Wildman–Crippen MR) is 77.3 cm³/mol. The predicted octanol–water partition coefficient (Wildman–Crippen LogP) is 1.86. The molecule has 19 heavy (non-hydrogen) atoms. The second-order valence-electron chi connectivity index (χ2n) is 5.71. The van der Waals surface area contributed by atoms with Gasteiger partial charge in [-0.05, 0) is 25.2 Å². The third kappa shape index (κ3) is 2.40. The number of hydrogen-bond donors (Lipinski definition) is 1. The van der Waals surface area contributed by atoms with Crippen LogP contribution in [0.5, 0.6) is 0 Å². The molecule has 0 aromatic heterocycles. The highest BCUT2D eigenvalue weighted by atomic mass is 32.1. The van der Waals surface area contributed by atoms with E-state index in [2.05, 4.69) is 6.92 Å². The van der Waals surface area contributed by atoms with Crippen molar-refractivity contribution in [2.24, 2.45) is 23.5 Å². The van der Waals surface area contributed by atoms with Crippen molar-refractivity contribution in [2.45, 2.75) is 52.0 Å². The van der Waals surface area contributed by atoms with Gasteiger partial charge in [-0.1, -0.05) is 38.9 Å². The number of thiocarbonyl (C=S) groups is 1. The van der Waals surface area contributed by atoms with Crippen molar-refractivity contribution < 1.29 is 9.59 Å². The maximum Gasteiger partial charge on any atom is 0.233 e. The first kappa shape index (κ1) is 14.4. The maximum atomic E-state index is 12.5. The minimum absolute atomic E-state index is 0.0443. The van der Waals surface area contributed by atoms with Gasteiger partial charge in [0.25, 0.3) is 0 Å². The van der Waals surface area contributed by atoms with Crippen LogP contribution in [-0.4, -0.2) is 27.7 Å². The zero-order valence-corrected chi connectivity index (χ0v) is 12.4. The molecule has 3 unspecified atom stereocenters. The lowest BCUT2D eigenvalue weighted by Gasteiger charge is -2.26. The lowest BCUT2D eigenvalue weighted by Crippen LogP contribution is -2.48. The molecule has 0 bridgehead atoms. The van der Waals surface area contributed by atoms with Gasteiger partial charge in [-0.3, -0.25) is 14.5 Å². The topological polar surface area (TPSA) is 63.4 Å². The zero-order valence-electron chi connectivity index (χ0n) is 11.6. The Morgan fingerprint density at radius 2 is 1.84 bits per heavy atom. The number of amides is 2. The summed E-state index contributed by atoms with van der Waals surface area (Å²) in [7, 11) is 0. The van der Waals surface area contributed by atoms with E-state index >= 15 is 0 Å². The van der Waals surface area contributed by atoms with Gasteiger partial charge in [0.2, 0.25) is 11.8 Å². The number of nitrogens with two attached hydrogens (primary N) is 1. The smallest absolute Gasteiger partial charge is 0.233 e. The van der Waals surface area contributed by atoms with Crippen LogP contribution in [0.3, 0.4) is 0 Å². The molecular weight excluding hydrogens is 260 g/mol. The van der Waals surface area contributed by atoms with Crippen LogP contribution in [0, 0.1) is 17.8 Å². The van der Waals surface area contributed by atoms with Crippen LogP contribution in [0.15, 0.2) is 0 Å². The van der Waals surface area contributed by atoms with E-state index in [0.717, 1.165) is 25.7 Å². The molecule has 1 saturated heterocycles. The summed E-state index contributed by atoms with van der Waals surface area (Å²) in [6.07, 6.45) is 4.26. The Balaban J connectivity index is 2.19. The molecule has 1 saturated carbocycles. The summed E-state index contributed by atoms with van der Waals surface area (Å²) in [4.78, 5) is 26.6. The van der Waals surface area contributed by atoms with Gasteiger partial charge in [0.15, 0.2) is 0 Å². The Kier molecular flexibility index (Phi) is 4.23. The first-order valence-corrected chi connectivity index (χ1v) is 7.58. The van der Waals surface area contributed by atoms with Crippen LogP contribution in [-0.2, 0) is 9.59 Å². The number of likely N-dealkylation sites (tertiary alicyclic amines) is 1. The summed E-state index contributed by atoms with van der Waals surface area (Å²) in [5.41, 5.74) is 5.72. The van der Waals surface area contributed by atoms with Gasteiger partial charge >= 0.3 is 0 Å². The summed E-state index contributed by atoms with van der Waals surface area (Å²) < 4.78 is 0. The minimum atomic E-state index is -0.384. The van der Waals surface area contributed by atoms with E-state index < -0.39 is 0 Å². The van der Waals surface area contributed by atoms with Crippen LogP contribution in [0.4, 0.5) is 0 Å². The molecule has 1 aliphatic carbocycles. The van der Waals surface area contributed by atoms with Gasteiger partial charge < -0.3 is 5.73 Å². The Morgan fingerprint density at radius 3 is 2.21 bits per heavy atom. The number of nitrogens with zero attached hydrogens (tertiary/aromatic N) is 1. The van der Waals surface area contributed by atoms with E-state index in [9.17, 15) is 9.59 Å². The highest BCUT2D eigenvalue weighted by Gasteiger charge is 2.54. The first-order valence-electron chi connectivity index (χ1n) is 7.17. The molecule has 2 N–H and O–H groups in total. The maximum absolute atomic E-state index is 12.5. The Labute approximate surface area is 119 Å². The monoisotopic (exact) mass is 282 g/mol. The van der Waals surface area contributed by atoms with E-state index in [-0.39, 0.29) is 34.7 Å². The van der Waals surface area contributed by atoms with Gasteiger partial charge in [-0.25, -0.2) is 0 Å². The van der Waals surface area contributed by atoms with Crippen molar-refractivity contribution in [2.75, 3.05) is 0 Å². The molecule has 106 valence electrons. The average molecular weight is 282 g/mol. The third-order valence-corrected chi connectivity index (χ3v) is 4.82. The molecule has 0 aromatic rings. The molecule has 1 aliphatic heterocycles. The van der Waals surface area contributed by atoms with E-state index in [1.165, 1.54) is 4.90 Å². The molecule has 0 aromatic carbocycles. The SMILES string of the molecule is CCCC(C(N)=S)N1C(=O)C2CC(CC)CC2C1=O. The Hall–Kier alpha value is -0.970. The van der Waals surface area contributed by atoms with Gasteiger partial charge in [0.05, 0.1) is 22.9 Å². The molecule has 1 heterocycles. The first-order chi connectivity index (χ1) is 9.01. The molecule has 0 spiro atoms. The summed E-state index contributed by atoms with van der Waals surface area (Å²) in [5, 5.41) is 0. The number of carbonyl (C=O) groups is 2. The van der Waals surface area contributed by atoms with E-state index in [4.69, 9.17) is 18.0 Å². The summed E-state index contributed by atoms with van der Waals surface area (Å²) in [6.45, 7) is 4.12.